The molecule has 1 atom stereocenters. The molecule has 0 fully saturated rings. The zero-order chi connectivity index (χ0) is 11.8. The van der Waals surface area contributed by atoms with Crippen LogP contribution >= 0.6 is 0 Å². The first kappa shape index (κ1) is 12.7. The van der Waals surface area contributed by atoms with Gasteiger partial charge in [-0.3, -0.25) is 4.79 Å². The van der Waals surface area contributed by atoms with E-state index in [1.807, 2.05) is 25.1 Å². The fourth-order valence-electron chi connectivity index (χ4n) is 1.43. The molecule has 0 heterocycles. The van der Waals surface area contributed by atoms with Gasteiger partial charge < -0.3 is 9.84 Å². The number of aliphatic carboxylic acids is 1. The van der Waals surface area contributed by atoms with Crippen LogP contribution in [0.3, 0.4) is 0 Å². The van der Waals surface area contributed by atoms with E-state index in [9.17, 15) is 4.79 Å². The van der Waals surface area contributed by atoms with Crippen molar-refractivity contribution in [2.45, 2.75) is 32.3 Å². The van der Waals surface area contributed by atoms with Crippen molar-refractivity contribution in [1.29, 1.82) is 0 Å². The van der Waals surface area contributed by atoms with Gasteiger partial charge in [0, 0.05) is 6.42 Å². The topological polar surface area (TPSA) is 46.5 Å². The van der Waals surface area contributed by atoms with Crippen molar-refractivity contribution in [2.75, 3.05) is 6.61 Å². The molecular weight excluding hydrogens is 204 g/mol. The zero-order valence-electron chi connectivity index (χ0n) is 9.56. The van der Waals surface area contributed by atoms with Gasteiger partial charge in [-0.2, -0.15) is 0 Å². The fourth-order valence-corrected chi connectivity index (χ4v) is 1.43. The molecule has 0 aliphatic rings. The van der Waals surface area contributed by atoms with Crippen molar-refractivity contribution in [3.8, 4) is 0 Å². The first-order valence-corrected chi connectivity index (χ1v) is 5.56. The average molecular weight is 222 g/mol. The second-order valence-corrected chi connectivity index (χ2v) is 3.85. The Bertz CT molecular complexity index is 308. The molecule has 0 spiro atoms. The van der Waals surface area contributed by atoms with Crippen molar-refractivity contribution >= 4 is 5.97 Å². The van der Waals surface area contributed by atoms with Gasteiger partial charge in [0.25, 0.3) is 0 Å². The fraction of sp³-hybridized carbons (Fsp3) is 0.462. The normalized spacial score (nSPS) is 12.3. The van der Waals surface area contributed by atoms with Crippen molar-refractivity contribution in [1.82, 2.24) is 0 Å². The summed E-state index contributed by atoms with van der Waals surface area (Å²) in [6.07, 6.45) is 1.63. The minimum absolute atomic E-state index is 0.0137. The SMILES string of the molecule is CC(CCC(=O)O)OCCc1ccccc1. The Kier molecular flexibility index (Phi) is 5.57. The summed E-state index contributed by atoms with van der Waals surface area (Å²) >= 11 is 0. The van der Waals surface area contributed by atoms with Crippen molar-refractivity contribution < 1.29 is 14.6 Å². The van der Waals surface area contributed by atoms with Crippen LogP contribution in [0.2, 0.25) is 0 Å². The maximum Gasteiger partial charge on any atom is 0.303 e. The van der Waals surface area contributed by atoms with Crippen LogP contribution in [0.4, 0.5) is 0 Å². The Morgan fingerprint density at radius 1 is 1.38 bits per heavy atom. The van der Waals surface area contributed by atoms with Gasteiger partial charge in [-0.15, -0.1) is 0 Å². The highest BCUT2D eigenvalue weighted by Gasteiger charge is 2.05. The molecule has 0 saturated carbocycles. The van der Waals surface area contributed by atoms with Gasteiger partial charge in [0.05, 0.1) is 12.7 Å². The minimum Gasteiger partial charge on any atom is -0.481 e. The molecule has 0 saturated heterocycles. The van der Waals surface area contributed by atoms with E-state index < -0.39 is 5.97 Å². The number of ether oxygens (including phenoxy) is 1. The summed E-state index contributed by atoms with van der Waals surface area (Å²) in [6.45, 7) is 2.55. The quantitative estimate of drug-likeness (QED) is 0.771. The Labute approximate surface area is 96.1 Å². The summed E-state index contributed by atoms with van der Waals surface area (Å²) in [5.74, 6) is -0.765. The number of rotatable bonds is 7. The molecule has 1 aromatic rings. The van der Waals surface area contributed by atoms with Crippen molar-refractivity contribution in [3.05, 3.63) is 35.9 Å². The average Bonchev–Trinajstić information content (AvgIpc) is 2.28. The summed E-state index contributed by atoms with van der Waals surface area (Å²) in [7, 11) is 0. The third-order valence-corrected chi connectivity index (χ3v) is 2.40. The Balaban J connectivity index is 2.13. The number of hydrogen-bond donors (Lipinski definition) is 1. The molecule has 3 nitrogen and oxygen atoms in total. The first-order chi connectivity index (χ1) is 7.68. The van der Waals surface area contributed by atoms with Crippen LogP contribution in [-0.4, -0.2) is 23.8 Å². The number of carbonyl (C=O) groups is 1. The number of carboxylic acid groups (broad SMARTS) is 1. The summed E-state index contributed by atoms with van der Waals surface area (Å²) in [4.78, 5) is 10.3. The van der Waals surface area contributed by atoms with E-state index in [1.165, 1.54) is 5.56 Å². The van der Waals surface area contributed by atoms with Crippen LogP contribution in [0, 0.1) is 0 Å². The molecule has 1 N–H and O–H groups in total. The van der Waals surface area contributed by atoms with E-state index in [1.54, 1.807) is 0 Å². The second-order valence-electron chi connectivity index (χ2n) is 3.85. The maximum atomic E-state index is 10.3. The molecule has 1 rings (SSSR count). The van der Waals surface area contributed by atoms with E-state index in [-0.39, 0.29) is 12.5 Å². The largest absolute Gasteiger partial charge is 0.481 e. The van der Waals surface area contributed by atoms with Gasteiger partial charge in [0.2, 0.25) is 0 Å². The smallest absolute Gasteiger partial charge is 0.303 e. The highest BCUT2D eigenvalue weighted by Crippen LogP contribution is 2.04. The number of hydrogen-bond acceptors (Lipinski definition) is 2. The molecule has 3 heteroatoms. The number of carboxylic acids is 1. The minimum atomic E-state index is -0.765. The Morgan fingerprint density at radius 3 is 2.69 bits per heavy atom. The molecule has 1 unspecified atom stereocenters. The molecule has 0 aliphatic carbocycles. The standard InChI is InChI=1S/C13H18O3/c1-11(7-8-13(14)15)16-10-9-12-5-3-2-4-6-12/h2-6,11H,7-10H2,1H3,(H,14,15). The van der Waals surface area contributed by atoms with Gasteiger partial charge in [-0.05, 0) is 25.3 Å². The van der Waals surface area contributed by atoms with Crippen LogP contribution < -0.4 is 0 Å². The third-order valence-electron chi connectivity index (χ3n) is 2.40. The van der Waals surface area contributed by atoms with Gasteiger partial charge >= 0.3 is 5.97 Å². The van der Waals surface area contributed by atoms with Gasteiger partial charge in [0.1, 0.15) is 0 Å². The molecule has 0 aromatic heterocycles. The van der Waals surface area contributed by atoms with Gasteiger partial charge in [-0.1, -0.05) is 30.3 Å². The molecule has 0 aliphatic heterocycles. The Morgan fingerprint density at radius 2 is 2.06 bits per heavy atom. The third kappa shape index (κ3) is 5.51. The number of benzene rings is 1. The summed E-state index contributed by atoms with van der Waals surface area (Å²) < 4.78 is 5.53. The summed E-state index contributed by atoms with van der Waals surface area (Å²) in [5.41, 5.74) is 1.24. The maximum absolute atomic E-state index is 10.3. The van der Waals surface area contributed by atoms with Crippen LogP contribution in [0.15, 0.2) is 30.3 Å². The molecular formula is C13H18O3. The van der Waals surface area contributed by atoms with E-state index >= 15 is 0 Å². The second kappa shape index (κ2) is 7.01. The van der Waals surface area contributed by atoms with E-state index in [0.29, 0.717) is 13.0 Å². The zero-order valence-corrected chi connectivity index (χ0v) is 9.56. The molecule has 16 heavy (non-hydrogen) atoms. The predicted molar refractivity (Wildman–Crippen MR) is 62.4 cm³/mol. The molecule has 0 amide bonds. The highest BCUT2D eigenvalue weighted by molar-refractivity contribution is 5.66. The first-order valence-electron chi connectivity index (χ1n) is 5.56. The Hall–Kier alpha value is -1.35. The monoisotopic (exact) mass is 222 g/mol. The molecule has 0 bridgehead atoms. The van der Waals surface area contributed by atoms with Gasteiger partial charge in [-0.25, -0.2) is 0 Å². The van der Waals surface area contributed by atoms with E-state index in [2.05, 4.69) is 12.1 Å². The lowest BCUT2D eigenvalue weighted by molar-refractivity contribution is -0.137. The van der Waals surface area contributed by atoms with E-state index in [4.69, 9.17) is 9.84 Å². The van der Waals surface area contributed by atoms with Crippen LogP contribution in [0.5, 0.6) is 0 Å². The highest BCUT2D eigenvalue weighted by atomic mass is 16.5. The van der Waals surface area contributed by atoms with Gasteiger partial charge in [0.15, 0.2) is 0 Å². The van der Waals surface area contributed by atoms with Crippen LogP contribution in [0.1, 0.15) is 25.3 Å². The van der Waals surface area contributed by atoms with E-state index in [0.717, 1.165) is 6.42 Å². The molecule has 88 valence electrons. The summed E-state index contributed by atoms with van der Waals surface area (Å²) in [5, 5.41) is 8.51. The van der Waals surface area contributed by atoms with Crippen LogP contribution in [0.25, 0.3) is 0 Å². The lowest BCUT2D eigenvalue weighted by atomic mass is 10.1. The predicted octanol–water partition coefficient (Wildman–Crippen LogP) is 2.50. The molecule has 1 aromatic carbocycles. The lowest BCUT2D eigenvalue weighted by Crippen LogP contribution is -2.12. The van der Waals surface area contributed by atoms with Crippen molar-refractivity contribution in [3.63, 3.8) is 0 Å². The summed E-state index contributed by atoms with van der Waals surface area (Å²) in [6, 6.07) is 10.1. The lowest BCUT2D eigenvalue weighted by Gasteiger charge is -2.11. The van der Waals surface area contributed by atoms with Crippen LogP contribution in [-0.2, 0) is 16.0 Å². The van der Waals surface area contributed by atoms with Crippen molar-refractivity contribution in [2.24, 2.45) is 0 Å². The molecule has 0 radical (unpaired) electrons.